The first kappa shape index (κ1) is 20.9. The van der Waals surface area contributed by atoms with Crippen molar-refractivity contribution in [2.45, 2.75) is 25.4 Å². The fraction of sp³-hybridized carbons (Fsp3) is 0.263. The summed E-state index contributed by atoms with van der Waals surface area (Å²) in [7, 11) is 1.44. The van der Waals surface area contributed by atoms with Crippen molar-refractivity contribution >= 4 is 47.2 Å². The zero-order valence-corrected chi connectivity index (χ0v) is 16.5. The molecular weight excluding hydrogens is 389 g/mol. The number of benzene rings is 2. The predicted molar refractivity (Wildman–Crippen MR) is 109 cm³/mol. The highest BCUT2D eigenvalue weighted by molar-refractivity contribution is 6.33. The molecule has 3 N–H and O–H groups in total. The number of amides is 2. The third kappa shape index (κ3) is 4.12. The minimum Gasteiger partial charge on any atom is -0.496 e. The maximum Gasteiger partial charge on any atom is 0.255 e. The quantitative estimate of drug-likeness (QED) is 0.758. The molecule has 0 aliphatic carbocycles. The Balaban J connectivity index is 0.00000261. The molecule has 144 valence electrons. The van der Waals surface area contributed by atoms with Gasteiger partial charge in [0.2, 0.25) is 5.91 Å². The number of hydrogen-bond acceptors (Lipinski definition) is 4. The van der Waals surface area contributed by atoms with E-state index in [2.05, 4.69) is 5.32 Å². The highest BCUT2D eigenvalue weighted by Gasteiger charge is 2.39. The van der Waals surface area contributed by atoms with Gasteiger partial charge in [0, 0.05) is 17.8 Å². The molecule has 2 unspecified atom stereocenters. The van der Waals surface area contributed by atoms with Crippen LogP contribution < -0.4 is 20.7 Å². The topological polar surface area (TPSA) is 84.7 Å². The van der Waals surface area contributed by atoms with Crippen LogP contribution in [0.1, 0.15) is 23.7 Å². The number of halogens is 2. The van der Waals surface area contributed by atoms with E-state index in [-0.39, 0.29) is 34.9 Å². The summed E-state index contributed by atoms with van der Waals surface area (Å²) in [4.78, 5) is 27.2. The van der Waals surface area contributed by atoms with Gasteiger partial charge in [-0.05, 0) is 31.5 Å². The maximum absolute atomic E-state index is 12.8. The molecule has 0 aromatic heterocycles. The molecule has 27 heavy (non-hydrogen) atoms. The summed E-state index contributed by atoms with van der Waals surface area (Å²) in [6.45, 7) is 1.96. The Morgan fingerprint density at radius 2 is 1.96 bits per heavy atom. The minimum atomic E-state index is -0.612. The van der Waals surface area contributed by atoms with Gasteiger partial charge in [0.05, 0.1) is 23.4 Å². The van der Waals surface area contributed by atoms with Gasteiger partial charge in [-0.2, -0.15) is 0 Å². The highest BCUT2D eigenvalue weighted by atomic mass is 35.5. The second-order valence-corrected chi connectivity index (χ2v) is 6.64. The average Bonchev–Trinajstić information content (AvgIpc) is 2.91. The van der Waals surface area contributed by atoms with Gasteiger partial charge in [0.15, 0.2) is 0 Å². The van der Waals surface area contributed by atoms with Gasteiger partial charge in [0.25, 0.3) is 5.91 Å². The number of ether oxygens (including phenoxy) is 1. The zero-order valence-electron chi connectivity index (χ0n) is 14.9. The monoisotopic (exact) mass is 409 g/mol. The van der Waals surface area contributed by atoms with Crippen LogP contribution in [0.3, 0.4) is 0 Å². The lowest BCUT2D eigenvalue weighted by molar-refractivity contribution is -0.118. The van der Waals surface area contributed by atoms with Crippen LogP contribution in [0, 0.1) is 0 Å². The van der Waals surface area contributed by atoms with Crippen LogP contribution in [-0.2, 0) is 4.79 Å². The third-order valence-electron chi connectivity index (χ3n) is 4.46. The summed E-state index contributed by atoms with van der Waals surface area (Å²) in [6.07, 6.45) is 0.518. The first-order valence-corrected chi connectivity index (χ1v) is 8.62. The first-order chi connectivity index (χ1) is 12.4. The van der Waals surface area contributed by atoms with Crippen molar-refractivity contribution in [3.8, 4) is 5.75 Å². The molecule has 3 rings (SSSR count). The number of methoxy groups -OCH3 is 1. The summed E-state index contributed by atoms with van der Waals surface area (Å²) in [6, 6.07) is 11.7. The van der Waals surface area contributed by atoms with Crippen molar-refractivity contribution in [2.75, 3.05) is 17.7 Å². The Morgan fingerprint density at radius 3 is 2.59 bits per heavy atom. The lowest BCUT2D eigenvalue weighted by Crippen LogP contribution is -2.42. The summed E-state index contributed by atoms with van der Waals surface area (Å²) in [5, 5.41) is 3.04. The van der Waals surface area contributed by atoms with Crippen LogP contribution in [0.4, 0.5) is 11.4 Å². The van der Waals surface area contributed by atoms with Crippen LogP contribution in [0.25, 0.3) is 0 Å². The van der Waals surface area contributed by atoms with Crippen LogP contribution in [0.15, 0.2) is 42.5 Å². The SMILES string of the molecule is COc1cc(N)c(Cl)cc1C(=O)NC1CC(C)N(c2ccccc2)C1=O.Cl. The van der Waals surface area contributed by atoms with E-state index in [0.29, 0.717) is 17.9 Å². The summed E-state index contributed by atoms with van der Waals surface area (Å²) >= 11 is 6.02. The van der Waals surface area contributed by atoms with Gasteiger partial charge in [-0.1, -0.05) is 29.8 Å². The summed E-state index contributed by atoms with van der Waals surface area (Å²) < 4.78 is 5.21. The van der Waals surface area contributed by atoms with Gasteiger partial charge in [-0.15, -0.1) is 12.4 Å². The molecule has 1 aliphatic heterocycles. The standard InChI is InChI=1S/C19H20ClN3O3.ClH/c1-11-8-16(19(25)23(11)12-6-4-3-5-7-12)22-18(24)13-9-14(20)15(21)10-17(13)26-2;/h3-7,9-11,16H,8,21H2,1-2H3,(H,22,24);1H. The van der Waals surface area contributed by atoms with E-state index < -0.39 is 11.9 Å². The molecule has 2 amide bonds. The van der Waals surface area contributed by atoms with Crippen molar-refractivity contribution in [3.05, 3.63) is 53.1 Å². The normalized spacial score (nSPS) is 18.8. The number of anilines is 2. The summed E-state index contributed by atoms with van der Waals surface area (Å²) in [5.74, 6) is -0.260. The molecule has 6 nitrogen and oxygen atoms in total. The van der Waals surface area contributed by atoms with Crippen molar-refractivity contribution in [1.29, 1.82) is 0 Å². The van der Waals surface area contributed by atoms with Crippen LogP contribution >= 0.6 is 24.0 Å². The molecule has 0 bridgehead atoms. The molecule has 1 fully saturated rings. The molecule has 1 heterocycles. The molecule has 2 aromatic carbocycles. The Kier molecular flexibility index (Phi) is 6.57. The lowest BCUT2D eigenvalue weighted by Gasteiger charge is -2.21. The molecule has 2 aromatic rings. The molecule has 0 saturated carbocycles. The van der Waals surface area contributed by atoms with Gasteiger partial charge < -0.3 is 20.7 Å². The van der Waals surface area contributed by atoms with Crippen LogP contribution in [0.5, 0.6) is 5.75 Å². The smallest absolute Gasteiger partial charge is 0.255 e. The van der Waals surface area contributed by atoms with Gasteiger partial charge >= 0.3 is 0 Å². The number of nitrogens with zero attached hydrogens (tertiary/aromatic N) is 1. The average molecular weight is 410 g/mol. The van der Waals surface area contributed by atoms with E-state index in [4.69, 9.17) is 22.1 Å². The molecule has 0 radical (unpaired) electrons. The molecule has 2 atom stereocenters. The van der Waals surface area contributed by atoms with Crippen molar-refractivity contribution in [2.24, 2.45) is 0 Å². The Morgan fingerprint density at radius 1 is 1.30 bits per heavy atom. The maximum atomic E-state index is 12.8. The number of nitrogens with one attached hydrogen (secondary N) is 1. The molecular formula is C19H21Cl2N3O3. The van der Waals surface area contributed by atoms with Crippen molar-refractivity contribution in [1.82, 2.24) is 5.32 Å². The van der Waals surface area contributed by atoms with Crippen molar-refractivity contribution in [3.63, 3.8) is 0 Å². The van der Waals surface area contributed by atoms with Crippen molar-refractivity contribution < 1.29 is 14.3 Å². The van der Waals surface area contributed by atoms with E-state index in [1.165, 1.54) is 19.2 Å². The lowest BCUT2D eigenvalue weighted by atomic mass is 10.1. The molecule has 1 aliphatic rings. The fourth-order valence-corrected chi connectivity index (χ4v) is 3.34. The van der Waals surface area contributed by atoms with Crippen LogP contribution in [0.2, 0.25) is 5.02 Å². The van der Waals surface area contributed by atoms with Gasteiger partial charge in [0.1, 0.15) is 11.8 Å². The molecule has 0 spiro atoms. The van der Waals surface area contributed by atoms with E-state index in [1.807, 2.05) is 37.3 Å². The minimum absolute atomic E-state index is 0. The van der Waals surface area contributed by atoms with Gasteiger partial charge in [-0.25, -0.2) is 0 Å². The number of para-hydroxylation sites is 1. The molecule has 8 heteroatoms. The van der Waals surface area contributed by atoms with E-state index in [1.54, 1.807) is 4.90 Å². The summed E-state index contributed by atoms with van der Waals surface area (Å²) in [5.41, 5.74) is 7.12. The largest absolute Gasteiger partial charge is 0.496 e. The number of hydrogen-bond donors (Lipinski definition) is 2. The fourth-order valence-electron chi connectivity index (χ4n) is 3.17. The Labute approximate surface area is 169 Å². The number of nitrogens with two attached hydrogens (primary N) is 1. The van der Waals surface area contributed by atoms with E-state index >= 15 is 0 Å². The molecule has 1 saturated heterocycles. The van der Waals surface area contributed by atoms with Crippen LogP contribution in [-0.4, -0.2) is 31.0 Å². The van der Waals surface area contributed by atoms with E-state index in [0.717, 1.165) is 5.69 Å². The number of carbonyl (C=O) groups is 2. The second-order valence-electron chi connectivity index (χ2n) is 6.23. The Bertz CT molecular complexity index is 846. The van der Waals surface area contributed by atoms with E-state index in [9.17, 15) is 9.59 Å². The predicted octanol–water partition coefficient (Wildman–Crippen LogP) is 3.28. The Hall–Kier alpha value is -2.44. The highest BCUT2D eigenvalue weighted by Crippen LogP contribution is 2.30. The second kappa shape index (κ2) is 8.50. The number of nitrogen functional groups attached to an aromatic ring is 1. The number of rotatable bonds is 4. The number of carbonyl (C=O) groups excluding carboxylic acids is 2. The van der Waals surface area contributed by atoms with Gasteiger partial charge in [-0.3, -0.25) is 9.59 Å². The third-order valence-corrected chi connectivity index (χ3v) is 4.78. The first-order valence-electron chi connectivity index (χ1n) is 8.24. The zero-order chi connectivity index (χ0) is 18.8.